The van der Waals surface area contributed by atoms with Gasteiger partial charge >= 0.3 is 0 Å². The quantitative estimate of drug-likeness (QED) is 0.945. The number of nitrogens with zero attached hydrogens (tertiary/aromatic N) is 1. The summed E-state index contributed by atoms with van der Waals surface area (Å²) in [6, 6.07) is 12.0. The molecule has 0 radical (unpaired) electrons. The van der Waals surface area contributed by atoms with Gasteiger partial charge in [0, 0.05) is 14.1 Å². The van der Waals surface area contributed by atoms with Crippen LogP contribution in [0.2, 0.25) is 0 Å². The first-order valence-corrected chi connectivity index (χ1v) is 7.59. The van der Waals surface area contributed by atoms with Crippen LogP contribution >= 0.6 is 0 Å². The predicted octanol–water partition coefficient (Wildman–Crippen LogP) is 2.62. The molecule has 20 heavy (non-hydrogen) atoms. The molecule has 2 aromatic rings. The Kier molecular flexibility index (Phi) is 3.83. The van der Waals surface area contributed by atoms with Crippen LogP contribution in [-0.2, 0) is 10.0 Å². The summed E-state index contributed by atoms with van der Waals surface area (Å²) < 4.78 is 25.4. The maximum absolute atomic E-state index is 12.1. The van der Waals surface area contributed by atoms with Crippen LogP contribution in [-0.4, -0.2) is 31.9 Å². The number of hydrogen-bond donors (Lipinski definition) is 1. The van der Waals surface area contributed by atoms with E-state index < -0.39 is 10.0 Å². The van der Waals surface area contributed by atoms with E-state index in [2.05, 4.69) is 0 Å². The molecule has 1 N–H and O–H groups in total. The Morgan fingerprint density at radius 1 is 1.00 bits per heavy atom. The van der Waals surface area contributed by atoms with Crippen molar-refractivity contribution in [3.63, 3.8) is 0 Å². The summed E-state index contributed by atoms with van der Waals surface area (Å²) in [6.07, 6.45) is 0. The van der Waals surface area contributed by atoms with E-state index in [0.717, 1.165) is 16.7 Å². The molecule has 0 fully saturated rings. The largest absolute Gasteiger partial charge is 0.508 e. The fourth-order valence-corrected chi connectivity index (χ4v) is 2.83. The summed E-state index contributed by atoms with van der Waals surface area (Å²) in [7, 11) is -0.428. The lowest BCUT2D eigenvalue weighted by Gasteiger charge is -2.12. The smallest absolute Gasteiger partial charge is 0.242 e. The van der Waals surface area contributed by atoms with Crippen LogP contribution in [0, 0.1) is 6.92 Å². The van der Waals surface area contributed by atoms with Crippen molar-refractivity contribution >= 4 is 10.0 Å². The highest BCUT2D eigenvalue weighted by Gasteiger charge is 2.17. The van der Waals surface area contributed by atoms with Crippen molar-refractivity contribution in [2.24, 2.45) is 0 Å². The van der Waals surface area contributed by atoms with E-state index >= 15 is 0 Å². The van der Waals surface area contributed by atoms with E-state index in [1.807, 2.05) is 12.1 Å². The van der Waals surface area contributed by atoms with E-state index in [0.29, 0.717) is 0 Å². The van der Waals surface area contributed by atoms with Crippen LogP contribution in [0.3, 0.4) is 0 Å². The normalized spacial score (nSPS) is 11.8. The first-order chi connectivity index (χ1) is 9.32. The van der Waals surface area contributed by atoms with E-state index in [1.165, 1.54) is 18.4 Å². The van der Waals surface area contributed by atoms with Gasteiger partial charge in [-0.15, -0.1) is 0 Å². The maximum Gasteiger partial charge on any atom is 0.242 e. The minimum absolute atomic E-state index is 0.228. The van der Waals surface area contributed by atoms with Crippen LogP contribution in [0.1, 0.15) is 5.56 Å². The zero-order valence-corrected chi connectivity index (χ0v) is 12.5. The lowest BCUT2D eigenvalue weighted by atomic mass is 10.0. The number of benzene rings is 2. The maximum atomic E-state index is 12.1. The summed E-state index contributed by atoms with van der Waals surface area (Å²) in [5.41, 5.74) is 2.43. The number of sulfonamides is 1. The van der Waals surface area contributed by atoms with Crippen molar-refractivity contribution in [2.45, 2.75) is 11.8 Å². The molecule has 106 valence electrons. The van der Waals surface area contributed by atoms with Gasteiger partial charge in [-0.3, -0.25) is 0 Å². The monoisotopic (exact) mass is 291 g/mol. The second-order valence-corrected chi connectivity index (χ2v) is 6.97. The SMILES string of the molecule is Cc1cc(-c2cccc(S(=O)(=O)N(C)C)c2)ccc1O. The molecule has 0 spiro atoms. The van der Waals surface area contributed by atoms with E-state index in [9.17, 15) is 13.5 Å². The zero-order valence-electron chi connectivity index (χ0n) is 11.7. The standard InChI is InChI=1S/C15H17NO3S/c1-11-9-13(7-8-15(11)17)12-5-4-6-14(10-12)20(18,19)16(2)3/h4-10,17H,1-3H3. The van der Waals surface area contributed by atoms with Gasteiger partial charge < -0.3 is 5.11 Å². The molecule has 0 amide bonds. The number of hydrogen-bond acceptors (Lipinski definition) is 3. The van der Waals surface area contributed by atoms with Crippen LogP contribution < -0.4 is 0 Å². The minimum Gasteiger partial charge on any atom is -0.508 e. The van der Waals surface area contributed by atoms with Gasteiger partial charge in [0.2, 0.25) is 10.0 Å². The van der Waals surface area contributed by atoms with Gasteiger partial charge in [-0.05, 0) is 47.9 Å². The second kappa shape index (κ2) is 5.26. The molecule has 2 aromatic carbocycles. The highest BCUT2D eigenvalue weighted by atomic mass is 32.2. The molecule has 4 nitrogen and oxygen atoms in total. The summed E-state index contributed by atoms with van der Waals surface area (Å²) >= 11 is 0. The van der Waals surface area contributed by atoms with Crippen LogP contribution in [0.25, 0.3) is 11.1 Å². The van der Waals surface area contributed by atoms with Gasteiger partial charge in [0.05, 0.1) is 4.90 Å². The molecule has 0 aliphatic heterocycles. The first kappa shape index (κ1) is 14.6. The summed E-state index contributed by atoms with van der Waals surface area (Å²) in [5.74, 6) is 0.228. The topological polar surface area (TPSA) is 57.6 Å². The summed E-state index contributed by atoms with van der Waals surface area (Å²) in [4.78, 5) is 0.255. The van der Waals surface area contributed by atoms with Crippen molar-refractivity contribution in [1.29, 1.82) is 0 Å². The molecular formula is C15H17NO3S. The predicted molar refractivity (Wildman–Crippen MR) is 79.2 cm³/mol. The molecule has 0 bridgehead atoms. The highest BCUT2D eigenvalue weighted by molar-refractivity contribution is 7.89. The molecule has 2 rings (SSSR count). The lowest BCUT2D eigenvalue weighted by Crippen LogP contribution is -2.22. The molecule has 0 aromatic heterocycles. The van der Waals surface area contributed by atoms with Crippen molar-refractivity contribution in [1.82, 2.24) is 4.31 Å². The Hall–Kier alpha value is -1.85. The molecule has 0 aliphatic rings. The molecule has 0 heterocycles. The van der Waals surface area contributed by atoms with E-state index in [-0.39, 0.29) is 10.6 Å². The number of phenolic OH excluding ortho intramolecular Hbond substituents is 1. The van der Waals surface area contributed by atoms with Crippen molar-refractivity contribution in [3.8, 4) is 16.9 Å². The Morgan fingerprint density at radius 2 is 1.65 bits per heavy atom. The molecule has 0 saturated carbocycles. The summed E-state index contributed by atoms with van der Waals surface area (Å²) in [5, 5.41) is 9.54. The van der Waals surface area contributed by atoms with Crippen LogP contribution in [0.4, 0.5) is 0 Å². The number of rotatable bonds is 3. The van der Waals surface area contributed by atoms with Gasteiger partial charge in [-0.1, -0.05) is 18.2 Å². The van der Waals surface area contributed by atoms with Crippen LogP contribution in [0.15, 0.2) is 47.4 Å². The van der Waals surface area contributed by atoms with Gasteiger partial charge in [0.1, 0.15) is 5.75 Å². The molecular weight excluding hydrogens is 274 g/mol. The van der Waals surface area contributed by atoms with Crippen molar-refractivity contribution in [3.05, 3.63) is 48.0 Å². The van der Waals surface area contributed by atoms with E-state index in [1.54, 1.807) is 37.3 Å². The Morgan fingerprint density at radius 3 is 2.25 bits per heavy atom. The molecule has 0 aliphatic carbocycles. The first-order valence-electron chi connectivity index (χ1n) is 6.15. The third-order valence-corrected chi connectivity index (χ3v) is 4.95. The second-order valence-electron chi connectivity index (χ2n) is 4.82. The van der Waals surface area contributed by atoms with Crippen molar-refractivity contribution < 1.29 is 13.5 Å². The average Bonchev–Trinajstić information content (AvgIpc) is 2.42. The van der Waals surface area contributed by atoms with Gasteiger partial charge in [-0.2, -0.15) is 0 Å². The van der Waals surface area contributed by atoms with Crippen LogP contribution in [0.5, 0.6) is 5.75 Å². The van der Waals surface area contributed by atoms with Gasteiger partial charge in [0.15, 0.2) is 0 Å². The molecule has 0 saturated heterocycles. The molecule has 5 heteroatoms. The fraction of sp³-hybridized carbons (Fsp3) is 0.200. The van der Waals surface area contributed by atoms with Gasteiger partial charge in [0.25, 0.3) is 0 Å². The minimum atomic E-state index is -3.44. The van der Waals surface area contributed by atoms with Crippen molar-refractivity contribution in [2.75, 3.05) is 14.1 Å². The number of aryl methyl sites for hydroxylation is 1. The molecule has 0 unspecified atom stereocenters. The third-order valence-electron chi connectivity index (χ3n) is 3.14. The zero-order chi connectivity index (χ0) is 14.9. The summed E-state index contributed by atoms with van der Waals surface area (Å²) in [6.45, 7) is 1.80. The van der Waals surface area contributed by atoms with Gasteiger partial charge in [-0.25, -0.2) is 12.7 Å². The molecule has 0 atom stereocenters. The highest BCUT2D eigenvalue weighted by Crippen LogP contribution is 2.27. The average molecular weight is 291 g/mol. The Balaban J connectivity index is 2.52. The lowest BCUT2D eigenvalue weighted by molar-refractivity contribution is 0.471. The third kappa shape index (κ3) is 2.69. The Bertz CT molecular complexity index is 737. The van der Waals surface area contributed by atoms with E-state index in [4.69, 9.17) is 0 Å². The number of phenols is 1. The Labute approximate surface area is 119 Å². The number of aromatic hydroxyl groups is 1. The fourth-order valence-electron chi connectivity index (χ4n) is 1.88.